The molecule has 0 aliphatic carbocycles. The van der Waals surface area contributed by atoms with Gasteiger partial charge in [-0.2, -0.15) is 0 Å². The van der Waals surface area contributed by atoms with Crippen molar-refractivity contribution in [1.82, 2.24) is 0 Å². The quantitative estimate of drug-likeness (QED) is 0.941. The normalized spacial score (nSPS) is 13.7. The Bertz CT molecular complexity index is 669. The molecule has 0 radical (unpaired) electrons. The number of rotatable bonds is 3. The van der Waals surface area contributed by atoms with Crippen molar-refractivity contribution in [2.75, 3.05) is 30.0 Å². The predicted molar refractivity (Wildman–Crippen MR) is 84.3 cm³/mol. The van der Waals surface area contributed by atoms with Crippen molar-refractivity contribution in [1.29, 1.82) is 0 Å². The Hall–Kier alpha value is -2.33. The van der Waals surface area contributed by atoms with Crippen molar-refractivity contribution in [2.45, 2.75) is 6.42 Å². The number of aliphatic hydroxyl groups excluding tert-OH is 1. The van der Waals surface area contributed by atoms with Crippen molar-refractivity contribution < 1.29 is 9.90 Å². The summed E-state index contributed by atoms with van der Waals surface area (Å²) in [7, 11) is 1.80. The van der Waals surface area contributed by atoms with E-state index in [4.69, 9.17) is 5.11 Å². The highest BCUT2D eigenvalue weighted by Crippen LogP contribution is 2.39. The lowest BCUT2D eigenvalue weighted by molar-refractivity contribution is 0.0994. The third kappa shape index (κ3) is 2.28. The Labute approximate surface area is 124 Å². The van der Waals surface area contributed by atoms with Gasteiger partial charge in [-0.15, -0.1) is 0 Å². The molecule has 2 aromatic carbocycles. The van der Waals surface area contributed by atoms with E-state index in [0.717, 1.165) is 17.1 Å². The van der Waals surface area contributed by atoms with Gasteiger partial charge >= 0.3 is 0 Å². The third-order valence-corrected chi connectivity index (χ3v) is 3.80. The van der Waals surface area contributed by atoms with Crippen LogP contribution < -0.4 is 9.80 Å². The maximum atomic E-state index is 12.7. The molecule has 108 valence electrons. The Morgan fingerprint density at radius 2 is 1.57 bits per heavy atom. The smallest absolute Gasteiger partial charge is 0.260 e. The minimum Gasteiger partial charge on any atom is -0.396 e. The molecule has 1 amide bonds. The molecule has 0 fully saturated rings. The molecule has 0 atom stereocenters. The van der Waals surface area contributed by atoms with Gasteiger partial charge in [-0.05, 0) is 30.7 Å². The van der Waals surface area contributed by atoms with Gasteiger partial charge in [-0.25, -0.2) is 0 Å². The van der Waals surface area contributed by atoms with E-state index in [1.807, 2.05) is 48.5 Å². The summed E-state index contributed by atoms with van der Waals surface area (Å²) in [5, 5.41) is 9.16. The predicted octanol–water partition coefficient (Wildman–Crippen LogP) is 2.80. The second kappa shape index (κ2) is 5.58. The Morgan fingerprint density at radius 1 is 0.952 bits per heavy atom. The van der Waals surface area contributed by atoms with Crippen LogP contribution in [0, 0.1) is 0 Å². The largest absolute Gasteiger partial charge is 0.396 e. The molecule has 3 rings (SSSR count). The Kier molecular flexibility index (Phi) is 3.62. The number of hydrogen-bond acceptors (Lipinski definition) is 3. The highest BCUT2D eigenvalue weighted by atomic mass is 16.3. The van der Waals surface area contributed by atoms with Crippen LogP contribution in [0.3, 0.4) is 0 Å². The Morgan fingerprint density at radius 3 is 2.29 bits per heavy atom. The standard InChI is InChI=1S/C17H18N2O2/c1-18-15-9-4-5-10-16(15)19(11-6-12-20)14-8-3-2-7-13(14)17(18)21/h2-5,7-10,20H,6,11-12H2,1H3. The van der Waals surface area contributed by atoms with E-state index in [-0.39, 0.29) is 12.5 Å². The van der Waals surface area contributed by atoms with Gasteiger partial charge in [0.1, 0.15) is 0 Å². The van der Waals surface area contributed by atoms with Gasteiger partial charge in [0.05, 0.1) is 22.6 Å². The number of fused-ring (bicyclic) bond motifs is 2. The summed E-state index contributed by atoms with van der Waals surface area (Å²) in [6.07, 6.45) is 0.653. The van der Waals surface area contributed by atoms with Crippen LogP contribution in [0.4, 0.5) is 17.1 Å². The van der Waals surface area contributed by atoms with Crippen molar-refractivity contribution in [3.63, 3.8) is 0 Å². The van der Waals surface area contributed by atoms with Crippen LogP contribution in [0.2, 0.25) is 0 Å². The summed E-state index contributed by atoms with van der Waals surface area (Å²) in [6, 6.07) is 15.5. The zero-order valence-corrected chi connectivity index (χ0v) is 12.0. The molecule has 0 saturated carbocycles. The number of para-hydroxylation sites is 3. The number of anilines is 3. The average molecular weight is 282 g/mol. The number of benzene rings is 2. The molecule has 2 aromatic rings. The number of aliphatic hydroxyl groups is 1. The van der Waals surface area contributed by atoms with Crippen LogP contribution in [0.5, 0.6) is 0 Å². The Balaban J connectivity index is 2.21. The minimum absolute atomic E-state index is 0.00968. The van der Waals surface area contributed by atoms with Gasteiger partial charge < -0.3 is 14.9 Å². The number of nitrogens with zero attached hydrogens (tertiary/aromatic N) is 2. The first-order valence-corrected chi connectivity index (χ1v) is 7.08. The van der Waals surface area contributed by atoms with E-state index in [0.29, 0.717) is 18.5 Å². The number of amides is 1. The second-order valence-corrected chi connectivity index (χ2v) is 5.10. The molecular weight excluding hydrogens is 264 g/mol. The van der Waals surface area contributed by atoms with E-state index in [1.54, 1.807) is 11.9 Å². The van der Waals surface area contributed by atoms with Crippen molar-refractivity contribution >= 4 is 23.0 Å². The summed E-state index contributed by atoms with van der Waals surface area (Å²) in [6.45, 7) is 0.802. The van der Waals surface area contributed by atoms with E-state index in [1.165, 1.54) is 0 Å². The van der Waals surface area contributed by atoms with Crippen LogP contribution >= 0.6 is 0 Å². The molecule has 1 N–H and O–H groups in total. The van der Waals surface area contributed by atoms with Crippen molar-refractivity contribution in [3.8, 4) is 0 Å². The molecule has 21 heavy (non-hydrogen) atoms. The van der Waals surface area contributed by atoms with Gasteiger partial charge in [-0.1, -0.05) is 24.3 Å². The molecule has 1 aliphatic rings. The number of hydrogen-bond donors (Lipinski definition) is 1. The molecule has 4 heteroatoms. The lowest BCUT2D eigenvalue weighted by Gasteiger charge is -2.26. The fourth-order valence-corrected chi connectivity index (χ4v) is 2.76. The van der Waals surface area contributed by atoms with E-state index < -0.39 is 0 Å². The zero-order valence-electron chi connectivity index (χ0n) is 12.0. The van der Waals surface area contributed by atoms with Gasteiger partial charge in [-0.3, -0.25) is 4.79 Å². The molecular formula is C17H18N2O2. The highest BCUT2D eigenvalue weighted by molar-refractivity contribution is 6.13. The van der Waals surface area contributed by atoms with Gasteiger partial charge in [0.15, 0.2) is 0 Å². The summed E-state index contributed by atoms with van der Waals surface area (Å²) in [5.74, 6) is -0.00968. The van der Waals surface area contributed by atoms with Crippen molar-refractivity contribution in [3.05, 3.63) is 54.1 Å². The zero-order chi connectivity index (χ0) is 14.8. The van der Waals surface area contributed by atoms with E-state index >= 15 is 0 Å². The first-order valence-electron chi connectivity index (χ1n) is 7.08. The van der Waals surface area contributed by atoms with Gasteiger partial charge in [0.2, 0.25) is 0 Å². The van der Waals surface area contributed by atoms with E-state index in [2.05, 4.69) is 4.90 Å². The highest BCUT2D eigenvalue weighted by Gasteiger charge is 2.27. The topological polar surface area (TPSA) is 43.8 Å². The van der Waals surface area contributed by atoms with Crippen LogP contribution in [-0.2, 0) is 0 Å². The fourth-order valence-electron chi connectivity index (χ4n) is 2.76. The van der Waals surface area contributed by atoms with Crippen LogP contribution in [0.1, 0.15) is 16.8 Å². The average Bonchev–Trinajstić information content (AvgIpc) is 2.62. The fraction of sp³-hybridized carbons (Fsp3) is 0.235. The molecule has 0 saturated heterocycles. The molecule has 0 bridgehead atoms. The number of carbonyl (C=O) groups excluding carboxylic acids is 1. The SMILES string of the molecule is CN1C(=O)c2ccccc2N(CCCO)c2ccccc21. The maximum Gasteiger partial charge on any atom is 0.260 e. The third-order valence-electron chi connectivity index (χ3n) is 3.80. The van der Waals surface area contributed by atoms with Crippen LogP contribution in [-0.4, -0.2) is 31.2 Å². The second-order valence-electron chi connectivity index (χ2n) is 5.10. The minimum atomic E-state index is -0.00968. The lowest BCUT2D eigenvalue weighted by Crippen LogP contribution is -2.25. The summed E-state index contributed by atoms with van der Waals surface area (Å²) < 4.78 is 0. The lowest BCUT2D eigenvalue weighted by atomic mass is 10.1. The first-order chi connectivity index (χ1) is 10.2. The van der Waals surface area contributed by atoms with Crippen LogP contribution in [0.25, 0.3) is 0 Å². The summed E-state index contributed by atoms with van der Waals surface area (Å²) in [4.78, 5) is 16.5. The number of carbonyl (C=O) groups is 1. The first kappa shape index (κ1) is 13.6. The summed E-state index contributed by atoms with van der Waals surface area (Å²) >= 11 is 0. The maximum absolute atomic E-state index is 12.7. The molecule has 4 nitrogen and oxygen atoms in total. The van der Waals surface area contributed by atoms with Gasteiger partial charge in [0, 0.05) is 20.2 Å². The molecule has 1 heterocycles. The summed E-state index contributed by atoms with van der Waals surface area (Å²) in [5.41, 5.74) is 3.46. The molecule has 1 aliphatic heterocycles. The molecule has 0 spiro atoms. The molecule has 0 aromatic heterocycles. The van der Waals surface area contributed by atoms with Crippen molar-refractivity contribution in [2.24, 2.45) is 0 Å². The molecule has 0 unspecified atom stereocenters. The monoisotopic (exact) mass is 282 g/mol. The van der Waals surface area contributed by atoms with E-state index in [9.17, 15) is 4.79 Å². The van der Waals surface area contributed by atoms with Crippen LogP contribution in [0.15, 0.2) is 48.5 Å². The van der Waals surface area contributed by atoms with Gasteiger partial charge in [0.25, 0.3) is 5.91 Å².